The predicted molar refractivity (Wildman–Crippen MR) is 80.2 cm³/mol. The molecule has 0 radical (unpaired) electrons. The van der Waals surface area contributed by atoms with Crippen molar-refractivity contribution in [2.75, 3.05) is 5.32 Å². The van der Waals surface area contributed by atoms with Crippen LogP contribution in [-0.4, -0.2) is 20.8 Å². The number of nitrogens with one attached hydrogen (secondary N) is 1. The maximum atomic E-state index is 12.1. The van der Waals surface area contributed by atoms with E-state index < -0.39 is 0 Å². The highest BCUT2D eigenvalue weighted by Crippen LogP contribution is 2.29. The molecule has 0 aliphatic carbocycles. The molecule has 1 amide bonds. The van der Waals surface area contributed by atoms with Gasteiger partial charge in [-0.3, -0.25) is 9.48 Å². The molecule has 0 aromatic carbocycles. The smallest absolute Gasteiger partial charge is 0.231 e. The second-order valence-electron chi connectivity index (χ2n) is 6.36. The summed E-state index contributed by atoms with van der Waals surface area (Å²) in [5, 5.41) is 11.0. The predicted octanol–water partition coefficient (Wildman–Crippen LogP) is 2.50. The maximum absolute atomic E-state index is 12.1. The average Bonchev–Trinajstić information content (AvgIpc) is 2.83. The van der Waals surface area contributed by atoms with E-state index in [0.29, 0.717) is 5.82 Å². The monoisotopic (exact) mass is 290 g/mol. The zero-order valence-corrected chi connectivity index (χ0v) is 13.4. The van der Waals surface area contributed by atoms with E-state index in [0.717, 1.165) is 22.7 Å². The molecular formula is C15H22N4O2. The van der Waals surface area contributed by atoms with Gasteiger partial charge in [0.15, 0.2) is 5.82 Å². The fourth-order valence-electron chi connectivity index (χ4n) is 2.32. The van der Waals surface area contributed by atoms with E-state index in [9.17, 15) is 4.79 Å². The minimum Gasteiger partial charge on any atom is -0.358 e. The first-order valence-electron chi connectivity index (χ1n) is 6.94. The number of hydrogen-bond acceptors (Lipinski definition) is 4. The molecule has 1 N–H and O–H groups in total. The summed E-state index contributed by atoms with van der Waals surface area (Å²) < 4.78 is 7.07. The van der Waals surface area contributed by atoms with Gasteiger partial charge in [-0.15, -0.1) is 0 Å². The Morgan fingerprint density at radius 2 is 2.05 bits per heavy atom. The van der Waals surface area contributed by atoms with E-state index in [-0.39, 0.29) is 17.7 Å². The van der Waals surface area contributed by atoms with Gasteiger partial charge >= 0.3 is 0 Å². The highest BCUT2D eigenvalue weighted by atomic mass is 16.5. The molecule has 0 spiro atoms. The topological polar surface area (TPSA) is 73.0 Å². The normalized spacial score (nSPS) is 11.7. The molecule has 2 rings (SSSR count). The van der Waals surface area contributed by atoms with Gasteiger partial charge in [0.1, 0.15) is 5.76 Å². The van der Waals surface area contributed by atoms with Crippen LogP contribution in [0.3, 0.4) is 0 Å². The van der Waals surface area contributed by atoms with Crippen LogP contribution in [0.2, 0.25) is 0 Å². The first-order chi connectivity index (χ1) is 9.68. The number of rotatable bonds is 3. The van der Waals surface area contributed by atoms with Crippen LogP contribution in [-0.2, 0) is 23.7 Å². The van der Waals surface area contributed by atoms with E-state index in [1.807, 2.05) is 47.7 Å². The number of anilines is 1. The van der Waals surface area contributed by atoms with Crippen molar-refractivity contribution in [3.63, 3.8) is 0 Å². The van der Waals surface area contributed by atoms with Gasteiger partial charge in [0, 0.05) is 23.7 Å². The molecule has 6 heteroatoms. The van der Waals surface area contributed by atoms with E-state index in [2.05, 4.69) is 15.6 Å². The lowest BCUT2D eigenvalue weighted by Crippen LogP contribution is -2.17. The van der Waals surface area contributed by atoms with Gasteiger partial charge in [-0.1, -0.05) is 25.9 Å². The Hall–Kier alpha value is -2.11. The van der Waals surface area contributed by atoms with Gasteiger partial charge < -0.3 is 9.84 Å². The Labute approximate surface area is 124 Å². The summed E-state index contributed by atoms with van der Waals surface area (Å²) in [7, 11) is 1.83. The molecule has 0 saturated carbocycles. The number of carbonyl (C=O) groups is 1. The van der Waals surface area contributed by atoms with Crippen LogP contribution >= 0.6 is 0 Å². The summed E-state index contributed by atoms with van der Waals surface area (Å²) in [5.41, 5.74) is 2.49. The lowest BCUT2D eigenvalue weighted by atomic mass is 9.91. The molecule has 0 aliphatic rings. The molecule has 0 bridgehead atoms. The van der Waals surface area contributed by atoms with Crippen molar-refractivity contribution in [1.29, 1.82) is 0 Å². The Bertz CT molecular complexity index is 662. The maximum Gasteiger partial charge on any atom is 0.231 e. The Kier molecular flexibility index (Phi) is 3.89. The molecule has 21 heavy (non-hydrogen) atoms. The highest BCUT2D eigenvalue weighted by Gasteiger charge is 2.25. The van der Waals surface area contributed by atoms with E-state index in [1.54, 1.807) is 4.68 Å². The SMILES string of the molecule is Cc1cc(CC(=O)Nc2noc(C(C)(C)C)c2C)n(C)n1. The Morgan fingerprint density at radius 1 is 1.38 bits per heavy atom. The molecule has 6 nitrogen and oxygen atoms in total. The van der Waals surface area contributed by atoms with Gasteiger partial charge in [0.2, 0.25) is 5.91 Å². The number of aromatic nitrogens is 3. The number of carbonyl (C=O) groups excluding carboxylic acids is 1. The largest absolute Gasteiger partial charge is 0.358 e. The van der Waals surface area contributed by atoms with Crippen LogP contribution < -0.4 is 5.32 Å². The van der Waals surface area contributed by atoms with E-state index in [1.165, 1.54) is 0 Å². The van der Waals surface area contributed by atoms with Gasteiger partial charge in [0.05, 0.1) is 12.1 Å². The molecule has 2 heterocycles. The number of amides is 1. The second-order valence-corrected chi connectivity index (χ2v) is 6.36. The summed E-state index contributed by atoms with van der Waals surface area (Å²) in [6, 6.07) is 1.90. The standard InChI is InChI=1S/C15H22N4O2/c1-9-7-11(19(6)17-9)8-12(20)16-14-10(2)13(21-18-14)15(3,4)5/h7H,8H2,1-6H3,(H,16,18,20). The van der Waals surface area contributed by atoms with Crippen molar-refractivity contribution in [1.82, 2.24) is 14.9 Å². The molecular weight excluding hydrogens is 268 g/mol. The minimum absolute atomic E-state index is 0.130. The zero-order chi connectivity index (χ0) is 15.8. The number of aryl methyl sites for hydroxylation is 2. The Balaban J connectivity index is 2.10. The summed E-state index contributed by atoms with van der Waals surface area (Å²) in [6.45, 7) is 9.94. The summed E-state index contributed by atoms with van der Waals surface area (Å²) in [6.07, 6.45) is 0.258. The third-order valence-electron chi connectivity index (χ3n) is 3.30. The Morgan fingerprint density at radius 3 is 2.52 bits per heavy atom. The fraction of sp³-hybridized carbons (Fsp3) is 0.533. The molecule has 114 valence electrons. The number of nitrogens with zero attached hydrogens (tertiary/aromatic N) is 3. The molecule has 0 aliphatic heterocycles. The van der Waals surface area contributed by atoms with Crippen LogP contribution in [0.1, 0.15) is 43.5 Å². The first-order valence-corrected chi connectivity index (χ1v) is 6.94. The summed E-state index contributed by atoms with van der Waals surface area (Å²) in [4.78, 5) is 12.1. The average molecular weight is 290 g/mol. The van der Waals surface area contributed by atoms with Crippen LogP contribution in [0.5, 0.6) is 0 Å². The van der Waals surface area contributed by atoms with E-state index in [4.69, 9.17) is 4.52 Å². The van der Waals surface area contributed by atoms with Crippen LogP contribution in [0.4, 0.5) is 5.82 Å². The summed E-state index contributed by atoms with van der Waals surface area (Å²) >= 11 is 0. The van der Waals surface area contributed by atoms with Crippen molar-refractivity contribution in [2.24, 2.45) is 7.05 Å². The third-order valence-corrected chi connectivity index (χ3v) is 3.30. The minimum atomic E-state index is -0.140. The van der Waals surface area contributed by atoms with Gasteiger partial charge in [-0.25, -0.2) is 0 Å². The van der Waals surface area contributed by atoms with Crippen molar-refractivity contribution < 1.29 is 9.32 Å². The van der Waals surface area contributed by atoms with Gasteiger partial charge in [0.25, 0.3) is 0 Å². The van der Waals surface area contributed by atoms with Gasteiger partial charge in [-0.05, 0) is 19.9 Å². The molecule has 2 aromatic heterocycles. The fourth-order valence-corrected chi connectivity index (χ4v) is 2.32. The second kappa shape index (κ2) is 5.35. The summed E-state index contributed by atoms with van der Waals surface area (Å²) in [5.74, 6) is 1.15. The van der Waals surface area contributed by atoms with E-state index >= 15 is 0 Å². The van der Waals surface area contributed by atoms with Gasteiger partial charge in [-0.2, -0.15) is 5.10 Å². The quantitative estimate of drug-likeness (QED) is 0.942. The van der Waals surface area contributed by atoms with Crippen molar-refractivity contribution >= 4 is 11.7 Å². The van der Waals surface area contributed by atoms with Crippen LogP contribution in [0.15, 0.2) is 10.6 Å². The zero-order valence-electron chi connectivity index (χ0n) is 13.4. The van der Waals surface area contributed by atoms with Crippen LogP contribution in [0.25, 0.3) is 0 Å². The molecule has 0 atom stereocenters. The molecule has 0 unspecified atom stereocenters. The number of hydrogen-bond donors (Lipinski definition) is 1. The molecule has 0 fully saturated rings. The lowest BCUT2D eigenvalue weighted by molar-refractivity contribution is -0.115. The first kappa shape index (κ1) is 15.3. The van der Waals surface area contributed by atoms with Crippen molar-refractivity contribution in [3.05, 3.63) is 28.8 Å². The van der Waals surface area contributed by atoms with Crippen molar-refractivity contribution in [3.8, 4) is 0 Å². The lowest BCUT2D eigenvalue weighted by Gasteiger charge is -2.14. The highest BCUT2D eigenvalue weighted by molar-refractivity contribution is 5.91. The third kappa shape index (κ3) is 3.32. The molecule has 0 saturated heterocycles. The molecule has 2 aromatic rings. The van der Waals surface area contributed by atoms with Crippen LogP contribution in [0, 0.1) is 13.8 Å². The van der Waals surface area contributed by atoms with Crippen molar-refractivity contribution in [2.45, 2.75) is 46.5 Å².